The molecule has 0 aliphatic rings. The van der Waals surface area contributed by atoms with Crippen molar-refractivity contribution in [2.75, 3.05) is 6.61 Å². The Morgan fingerprint density at radius 1 is 1.04 bits per heavy atom. The molecule has 0 radical (unpaired) electrons. The van der Waals surface area contributed by atoms with Crippen LogP contribution < -0.4 is 4.74 Å². The van der Waals surface area contributed by atoms with Crippen molar-refractivity contribution in [3.8, 4) is 5.75 Å². The number of nitrogens with zero attached hydrogens (tertiary/aromatic N) is 1. The average Bonchev–Trinajstić information content (AvgIpc) is 2.98. The second-order valence-electron chi connectivity index (χ2n) is 6.02. The van der Waals surface area contributed by atoms with Gasteiger partial charge in [-0.15, -0.1) is 0 Å². The van der Waals surface area contributed by atoms with Crippen LogP contribution in [-0.4, -0.2) is 17.7 Å². The van der Waals surface area contributed by atoms with Crippen LogP contribution in [0.2, 0.25) is 0 Å². The Hall–Kier alpha value is -3.08. The standard InChI is InChI=1S/C21H21NO4/c1-15-19(16(2)26-22-15)13-25-21(23)14-24-20-11-7-6-10-18(20)12-17-8-4-3-5-9-17/h3-11H,12-14H2,1-2H3. The number of esters is 1. The third kappa shape index (κ3) is 4.51. The Labute approximate surface area is 152 Å². The van der Waals surface area contributed by atoms with E-state index < -0.39 is 5.97 Å². The minimum absolute atomic E-state index is 0.134. The molecule has 0 saturated carbocycles. The number of ether oxygens (including phenoxy) is 2. The van der Waals surface area contributed by atoms with Gasteiger partial charge in [0.05, 0.1) is 11.3 Å². The zero-order valence-electron chi connectivity index (χ0n) is 14.9. The third-order valence-corrected chi connectivity index (χ3v) is 4.11. The first-order valence-electron chi connectivity index (χ1n) is 8.45. The van der Waals surface area contributed by atoms with Crippen molar-refractivity contribution < 1.29 is 18.8 Å². The largest absolute Gasteiger partial charge is 0.482 e. The SMILES string of the molecule is Cc1noc(C)c1COC(=O)COc1ccccc1Cc1ccccc1. The number of carbonyl (C=O) groups excluding carboxylic acids is 1. The number of aromatic nitrogens is 1. The molecule has 0 spiro atoms. The second-order valence-corrected chi connectivity index (χ2v) is 6.02. The molecule has 1 heterocycles. The fraction of sp³-hybridized carbons (Fsp3) is 0.238. The summed E-state index contributed by atoms with van der Waals surface area (Å²) in [7, 11) is 0. The maximum Gasteiger partial charge on any atom is 0.344 e. The lowest BCUT2D eigenvalue weighted by Gasteiger charge is -2.11. The highest BCUT2D eigenvalue weighted by molar-refractivity contribution is 5.71. The number of para-hydroxylation sites is 1. The van der Waals surface area contributed by atoms with Crippen molar-refractivity contribution in [2.45, 2.75) is 26.9 Å². The van der Waals surface area contributed by atoms with Gasteiger partial charge >= 0.3 is 5.97 Å². The minimum atomic E-state index is -0.431. The molecule has 1 aromatic heterocycles. The first-order chi connectivity index (χ1) is 12.6. The van der Waals surface area contributed by atoms with Gasteiger partial charge in [0, 0.05) is 6.42 Å². The Morgan fingerprint density at radius 3 is 2.50 bits per heavy atom. The average molecular weight is 351 g/mol. The van der Waals surface area contributed by atoms with E-state index in [-0.39, 0.29) is 13.2 Å². The van der Waals surface area contributed by atoms with Gasteiger partial charge in [0.1, 0.15) is 18.1 Å². The molecule has 134 valence electrons. The van der Waals surface area contributed by atoms with Crippen molar-refractivity contribution >= 4 is 5.97 Å². The lowest BCUT2D eigenvalue weighted by molar-refractivity contribution is -0.147. The number of aryl methyl sites for hydroxylation is 2. The minimum Gasteiger partial charge on any atom is -0.482 e. The first-order valence-corrected chi connectivity index (χ1v) is 8.45. The number of rotatable bonds is 7. The van der Waals surface area contributed by atoms with Crippen LogP contribution >= 0.6 is 0 Å². The highest BCUT2D eigenvalue weighted by atomic mass is 16.6. The van der Waals surface area contributed by atoms with Gasteiger partial charge < -0.3 is 14.0 Å². The molecule has 0 unspecified atom stereocenters. The Bertz CT molecular complexity index is 851. The second kappa shape index (κ2) is 8.34. The number of carbonyl (C=O) groups is 1. The molecule has 0 saturated heterocycles. The van der Waals surface area contributed by atoms with E-state index in [1.54, 1.807) is 6.92 Å². The first kappa shape index (κ1) is 17.7. The summed E-state index contributed by atoms with van der Waals surface area (Å²) in [6.07, 6.45) is 0.741. The van der Waals surface area contributed by atoms with Crippen LogP contribution in [0, 0.1) is 13.8 Å². The molecule has 0 bridgehead atoms. The van der Waals surface area contributed by atoms with Crippen molar-refractivity contribution in [2.24, 2.45) is 0 Å². The highest BCUT2D eigenvalue weighted by Gasteiger charge is 2.13. The molecule has 0 aliphatic carbocycles. The van der Waals surface area contributed by atoms with Crippen LogP contribution in [0.4, 0.5) is 0 Å². The van der Waals surface area contributed by atoms with Gasteiger partial charge in [0.15, 0.2) is 6.61 Å². The van der Waals surface area contributed by atoms with E-state index in [2.05, 4.69) is 17.3 Å². The summed E-state index contributed by atoms with van der Waals surface area (Å²) in [6.45, 7) is 3.60. The number of hydrogen-bond donors (Lipinski definition) is 0. The molecule has 2 aromatic carbocycles. The van der Waals surface area contributed by atoms with Crippen LogP contribution in [0.3, 0.4) is 0 Å². The van der Waals surface area contributed by atoms with E-state index in [0.29, 0.717) is 11.5 Å². The Morgan fingerprint density at radius 2 is 1.77 bits per heavy atom. The van der Waals surface area contributed by atoms with Gasteiger partial charge in [-0.2, -0.15) is 0 Å². The Balaban J connectivity index is 1.57. The monoisotopic (exact) mass is 351 g/mol. The summed E-state index contributed by atoms with van der Waals surface area (Å²) in [5, 5.41) is 3.84. The molecule has 5 heteroatoms. The van der Waals surface area contributed by atoms with Crippen molar-refractivity contribution in [3.63, 3.8) is 0 Å². The summed E-state index contributed by atoms with van der Waals surface area (Å²) < 4.78 is 16.0. The molecule has 0 fully saturated rings. The molecule has 5 nitrogen and oxygen atoms in total. The molecule has 0 N–H and O–H groups in total. The van der Waals surface area contributed by atoms with Crippen molar-refractivity contribution in [1.29, 1.82) is 0 Å². The van der Waals surface area contributed by atoms with Gasteiger partial charge in [-0.25, -0.2) is 4.79 Å². The third-order valence-electron chi connectivity index (χ3n) is 4.11. The Kier molecular flexibility index (Phi) is 5.69. The van der Waals surface area contributed by atoms with E-state index in [1.165, 1.54) is 5.56 Å². The summed E-state index contributed by atoms with van der Waals surface area (Å²) in [5.41, 5.74) is 3.73. The zero-order valence-corrected chi connectivity index (χ0v) is 14.9. The molecule has 0 aliphatic heterocycles. The lowest BCUT2D eigenvalue weighted by atomic mass is 10.0. The summed E-state index contributed by atoms with van der Waals surface area (Å²) >= 11 is 0. The van der Waals surface area contributed by atoms with Gasteiger partial charge in [0.2, 0.25) is 0 Å². The lowest BCUT2D eigenvalue weighted by Crippen LogP contribution is -2.15. The van der Waals surface area contributed by atoms with Gasteiger partial charge in [-0.3, -0.25) is 0 Å². The maximum atomic E-state index is 12.0. The smallest absolute Gasteiger partial charge is 0.344 e. The summed E-state index contributed by atoms with van der Waals surface area (Å²) in [6, 6.07) is 17.8. The van der Waals surface area contributed by atoms with E-state index in [1.807, 2.05) is 49.4 Å². The van der Waals surface area contributed by atoms with Crippen LogP contribution in [0.1, 0.15) is 28.1 Å². The van der Waals surface area contributed by atoms with Gasteiger partial charge in [-0.05, 0) is 31.0 Å². The summed E-state index contributed by atoms with van der Waals surface area (Å²) in [5.74, 6) is 0.912. The van der Waals surface area contributed by atoms with E-state index in [0.717, 1.165) is 23.2 Å². The van der Waals surface area contributed by atoms with Crippen LogP contribution in [0.25, 0.3) is 0 Å². The molecule has 26 heavy (non-hydrogen) atoms. The van der Waals surface area contributed by atoms with Crippen molar-refractivity contribution in [1.82, 2.24) is 5.16 Å². The van der Waals surface area contributed by atoms with Crippen LogP contribution in [-0.2, 0) is 22.6 Å². The number of hydrogen-bond acceptors (Lipinski definition) is 5. The predicted molar refractivity (Wildman–Crippen MR) is 97.0 cm³/mol. The van der Waals surface area contributed by atoms with E-state index in [4.69, 9.17) is 14.0 Å². The number of benzene rings is 2. The fourth-order valence-electron chi connectivity index (χ4n) is 2.65. The van der Waals surface area contributed by atoms with E-state index >= 15 is 0 Å². The van der Waals surface area contributed by atoms with E-state index in [9.17, 15) is 4.79 Å². The van der Waals surface area contributed by atoms with Crippen LogP contribution in [0.5, 0.6) is 5.75 Å². The van der Waals surface area contributed by atoms with Gasteiger partial charge in [0.25, 0.3) is 0 Å². The molecule has 0 atom stereocenters. The normalized spacial score (nSPS) is 10.5. The highest BCUT2D eigenvalue weighted by Crippen LogP contribution is 2.21. The molecule has 3 aromatic rings. The van der Waals surface area contributed by atoms with Crippen molar-refractivity contribution in [3.05, 3.63) is 82.7 Å². The molecule has 3 rings (SSSR count). The predicted octanol–water partition coefficient (Wildman–Crippen LogP) is 4.00. The zero-order chi connectivity index (χ0) is 18.4. The quantitative estimate of drug-likeness (QED) is 0.602. The van der Waals surface area contributed by atoms with Gasteiger partial charge in [-0.1, -0.05) is 53.7 Å². The molecular weight excluding hydrogens is 330 g/mol. The maximum absolute atomic E-state index is 12.0. The van der Waals surface area contributed by atoms with Crippen LogP contribution in [0.15, 0.2) is 59.1 Å². The fourth-order valence-corrected chi connectivity index (χ4v) is 2.65. The topological polar surface area (TPSA) is 61.6 Å². The summed E-state index contributed by atoms with van der Waals surface area (Å²) in [4.78, 5) is 12.0. The molecule has 0 amide bonds. The molecular formula is C21H21NO4.